The van der Waals surface area contributed by atoms with Gasteiger partial charge in [-0.2, -0.15) is 0 Å². The molecule has 6 nitrogen and oxygen atoms in total. The summed E-state index contributed by atoms with van der Waals surface area (Å²) in [5.41, 5.74) is 2.47. The number of benzene rings is 1. The molecule has 2 aromatic rings. The predicted molar refractivity (Wildman–Crippen MR) is 75.9 cm³/mol. The molecular weight excluding hydrogens is 258 g/mol. The molecule has 0 aliphatic carbocycles. The van der Waals surface area contributed by atoms with Crippen LogP contribution in [0, 0.1) is 17.0 Å². The van der Waals surface area contributed by atoms with Crippen molar-refractivity contribution >= 4 is 11.4 Å². The maximum Gasteiger partial charge on any atom is 0.292 e. The van der Waals surface area contributed by atoms with Crippen LogP contribution in [-0.4, -0.2) is 17.0 Å². The molecule has 0 spiro atoms. The molecule has 0 aliphatic heterocycles. The van der Waals surface area contributed by atoms with Crippen molar-refractivity contribution in [2.75, 3.05) is 12.4 Å². The summed E-state index contributed by atoms with van der Waals surface area (Å²) in [6, 6.07) is 8.60. The number of aryl methyl sites for hydroxylation is 1. The van der Waals surface area contributed by atoms with E-state index in [-0.39, 0.29) is 5.69 Å². The molecule has 1 aromatic heterocycles. The Balaban J connectivity index is 2.17. The molecule has 0 saturated heterocycles. The highest BCUT2D eigenvalue weighted by Gasteiger charge is 2.13. The van der Waals surface area contributed by atoms with Gasteiger partial charge in [0.15, 0.2) is 0 Å². The van der Waals surface area contributed by atoms with E-state index in [1.807, 2.05) is 13.0 Å². The van der Waals surface area contributed by atoms with Gasteiger partial charge in [0.05, 0.1) is 12.0 Å². The normalized spacial score (nSPS) is 10.1. The highest BCUT2D eigenvalue weighted by molar-refractivity contribution is 5.62. The Morgan fingerprint density at radius 1 is 1.35 bits per heavy atom. The fourth-order valence-electron chi connectivity index (χ4n) is 1.82. The quantitative estimate of drug-likeness (QED) is 0.669. The van der Waals surface area contributed by atoms with Gasteiger partial charge in [-0.3, -0.25) is 10.1 Å². The molecule has 0 bridgehead atoms. The molecular formula is C14H15N3O3. The summed E-state index contributed by atoms with van der Waals surface area (Å²) < 4.78 is 5.04. The number of nitro benzene ring substituents is 1. The van der Waals surface area contributed by atoms with E-state index < -0.39 is 4.92 Å². The lowest BCUT2D eigenvalue weighted by molar-refractivity contribution is -0.384. The van der Waals surface area contributed by atoms with E-state index in [9.17, 15) is 10.1 Å². The van der Waals surface area contributed by atoms with Gasteiger partial charge in [-0.15, -0.1) is 0 Å². The summed E-state index contributed by atoms with van der Waals surface area (Å²) in [6.07, 6.45) is 1.64. The van der Waals surface area contributed by atoms with Gasteiger partial charge < -0.3 is 10.1 Å². The van der Waals surface area contributed by atoms with E-state index in [0.29, 0.717) is 18.1 Å². The first-order valence-corrected chi connectivity index (χ1v) is 6.08. The lowest BCUT2D eigenvalue weighted by atomic mass is 10.2. The first-order valence-electron chi connectivity index (χ1n) is 6.08. The molecule has 0 amide bonds. The van der Waals surface area contributed by atoms with Crippen LogP contribution in [0.15, 0.2) is 36.5 Å². The van der Waals surface area contributed by atoms with Crippen molar-refractivity contribution < 1.29 is 9.66 Å². The number of hydrogen-bond acceptors (Lipinski definition) is 5. The zero-order chi connectivity index (χ0) is 14.5. The van der Waals surface area contributed by atoms with Crippen LogP contribution < -0.4 is 10.1 Å². The zero-order valence-corrected chi connectivity index (χ0v) is 11.3. The minimum absolute atomic E-state index is 0.0663. The lowest BCUT2D eigenvalue weighted by Gasteiger charge is -2.08. The molecule has 1 N–H and O–H groups in total. The average Bonchev–Trinajstić information content (AvgIpc) is 2.45. The smallest absolute Gasteiger partial charge is 0.292 e. The number of rotatable bonds is 5. The number of pyridine rings is 1. The van der Waals surface area contributed by atoms with E-state index in [1.54, 1.807) is 31.5 Å². The maximum absolute atomic E-state index is 11.0. The summed E-state index contributed by atoms with van der Waals surface area (Å²) in [7, 11) is 1.55. The first kappa shape index (κ1) is 13.8. The molecule has 20 heavy (non-hydrogen) atoms. The third-order valence-corrected chi connectivity index (χ3v) is 2.84. The van der Waals surface area contributed by atoms with E-state index in [0.717, 1.165) is 11.1 Å². The minimum atomic E-state index is -0.394. The van der Waals surface area contributed by atoms with Crippen LogP contribution in [0.5, 0.6) is 5.88 Å². The van der Waals surface area contributed by atoms with Crippen molar-refractivity contribution in [3.63, 3.8) is 0 Å². The molecule has 6 heteroatoms. The van der Waals surface area contributed by atoms with E-state index in [2.05, 4.69) is 10.3 Å². The SMILES string of the molecule is COc1cc(CNc2cc(C)ccc2[N+](=O)[O-])ccn1. The molecule has 2 rings (SSSR count). The average molecular weight is 273 g/mol. The second-order valence-corrected chi connectivity index (χ2v) is 4.34. The van der Waals surface area contributed by atoms with Crippen LogP contribution >= 0.6 is 0 Å². The Kier molecular flexibility index (Phi) is 4.14. The van der Waals surface area contributed by atoms with Crippen LogP contribution in [0.2, 0.25) is 0 Å². The highest BCUT2D eigenvalue weighted by Crippen LogP contribution is 2.25. The van der Waals surface area contributed by atoms with Gasteiger partial charge in [0.2, 0.25) is 5.88 Å². The fraction of sp³-hybridized carbons (Fsp3) is 0.214. The Hall–Kier alpha value is -2.63. The van der Waals surface area contributed by atoms with Crippen molar-refractivity contribution in [3.8, 4) is 5.88 Å². The van der Waals surface area contributed by atoms with Crippen molar-refractivity contribution in [3.05, 3.63) is 57.8 Å². The predicted octanol–water partition coefficient (Wildman–Crippen LogP) is 2.92. The molecule has 1 aromatic carbocycles. The van der Waals surface area contributed by atoms with Crippen molar-refractivity contribution in [1.29, 1.82) is 0 Å². The minimum Gasteiger partial charge on any atom is -0.481 e. The molecule has 0 atom stereocenters. The Morgan fingerprint density at radius 3 is 2.85 bits per heavy atom. The number of nitrogens with one attached hydrogen (secondary N) is 1. The number of methoxy groups -OCH3 is 1. The number of anilines is 1. The molecule has 104 valence electrons. The van der Waals surface area contributed by atoms with Crippen molar-refractivity contribution in [1.82, 2.24) is 4.98 Å². The summed E-state index contributed by atoms with van der Waals surface area (Å²) in [4.78, 5) is 14.6. The summed E-state index contributed by atoms with van der Waals surface area (Å²) in [5, 5.41) is 14.1. The molecule has 0 fully saturated rings. The lowest BCUT2D eigenvalue weighted by Crippen LogP contribution is -2.03. The molecule has 1 heterocycles. The number of aromatic nitrogens is 1. The van der Waals surface area contributed by atoms with Crippen LogP contribution in [0.1, 0.15) is 11.1 Å². The topological polar surface area (TPSA) is 77.3 Å². The third-order valence-electron chi connectivity index (χ3n) is 2.84. The molecule has 0 radical (unpaired) electrons. The molecule has 0 saturated carbocycles. The van der Waals surface area contributed by atoms with Crippen LogP contribution in [-0.2, 0) is 6.54 Å². The van der Waals surface area contributed by atoms with Gasteiger partial charge >= 0.3 is 0 Å². The molecule has 0 unspecified atom stereocenters. The van der Waals surface area contributed by atoms with Gasteiger partial charge in [0, 0.05) is 24.9 Å². The summed E-state index contributed by atoms with van der Waals surface area (Å²) in [5.74, 6) is 0.517. The number of ether oxygens (including phenoxy) is 1. The van der Waals surface area contributed by atoms with Crippen molar-refractivity contribution in [2.45, 2.75) is 13.5 Å². The summed E-state index contributed by atoms with van der Waals surface area (Å²) in [6.45, 7) is 2.35. The molecule has 0 aliphatic rings. The Labute approximate surface area is 116 Å². The zero-order valence-electron chi connectivity index (χ0n) is 11.3. The number of nitro groups is 1. The first-order chi connectivity index (χ1) is 9.60. The van der Waals surface area contributed by atoms with Gasteiger partial charge in [-0.25, -0.2) is 4.98 Å². The standard InChI is InChI=1S/C14H15N3O3/c1-10-3-4-13(17(18)19)12(7-10)16-9-11-5-6-15-14(8-11)20-2/h3-8,16H,9H2,1-2H3. The van der Waals surface area contributed by atoms with Crippen LogP contribution in [0.4, 0.5) is 11.4 Å². The van der Waals surface area contributed by atoms with Gasteiger partial charge in [0.25, 0.3) is 5.69 Å². The number of hydrogen-bond donors (Lipinski definition) is 1. The van der Waals surface area contributed by atoms with Crippen LogP contribution in [0.25, 0.3) is 0 Å². The van der Waals surface area contributed by atoms with E-state index in [4.69, 9.17) is 4.74 Å². The highest BCUT2D eigenvalue weighted by atomic mass is 16.6. The van der Waals surface area contributed by atoms with Gasteiger partial charge in [-0.05, 0) is 30.2 Å². The van der Waals surface area contributed by atoms with Crippen molar-refractivity contribution in [2.24, 2.45) is 0 Å². The maximum atomic E-state index is 11.0. The Morgan fingerprint density at radius 2 is 2.15 bits per heavy atom. The van der Waals surface area contributed by atoms with E-state index >= 15 is 0 Å². The van der Waals surface area contributed by atoms with Gasteiger partial charge in [0.1, 0.15) is 5.69 Å². The second-order valence-electron chi connectivity index (χ2n) is 4.34. The fourth-order valence-corrected chi connectivity index (χ4v) is 1.82. The second kappa shape index (κ2) is 6.01. The number of nitrogens with zero attached hydrogens (tertiary/aromatic N) is 2. The third kappa shape index (κ3) is 3.23. The summed E-state index contributed by atoms with van der Waals surface area (Å²) >= 11 is 0. The Bertz CT molecular complexity index is 629. The van der Waals surface area contributed by atoms with E-state index in [1.165, 1.54) is 6.07 Å². The van der Waals surface area contributed by atoms with Crippen LogP contribution in [0.3, 0.4) is 0 Å². The monoisotopic (exact) mass is 273 g/mol. The largest absolute Gasteiger partial charge is 0.481 e. The van der Waals surface area contributed by atoms with Gasteiger partial charge in [-0.1, -0.05) is 6.07 Å².